The molecule has 0 heterocycles. The number of hydrogen-bond donors (Lipinski definition) is 0. The Morgan fingerprint density at radius 2 is 1.33 bits per heavy atom. The quantitative estimate of drug-likeness (QED) is 0.423. The number of rotatable bonds is 10. The minimum atomic E-state index is -0.990. The van der Waals surface area contributed by atoms with Crippen LogP contribution in [-0.2, 0) is 3.79 Å². The molecule has 3 heteroatoms. The van der Waals surface area contributed by atoms with Gasteiger partial charge in [0.25, 0.3) is 0 Å². The highest BCUT2D eigenvalue weighted by Gasteiger charge is 2.28. The smallest absolute Gasteiger partial charge is 0.461 e. The highest BCUT2D eigenvalue weighted by molar-refractivity contribution is 6.51. The second-order valence-electron chi connectivity index (χ2n) is 5.83. The molecule has 0 aromatic rings. The van der Waals surface area contributed by atoms with E-state index in [1.54, 1.807) is 0 Å². The van der Waals surface area contributed by atoms with Crippen molar-refractivity contribution < 1.29 is 3.79 Å². The minimum absolute atomic E-state index is 0.333. The maximum Gasteiger partial charge on any atom is 0.461 e. The van der Waals surface area contributed by atoms with Gasteiger partial charge in [0.15, 0.2) is 0 Å². The predicted octanol–water partition coefficient (Wildman–Crippen LogP) is 4.67. The number of hydrogen-bond acceptors (Lipinski definition) is 2. The van der Waals surface area contributed by atoms with E-state index in [1.807, 2.05) is 0 Å². The SMILES string of the molecule is CC[CH2][Al]([CH2]CC)[O]C(CC)N(C(C)C)C(C)C. The van der Waals surface area contributed by atoms with Gasteiger partial charge in [-0.25, -0.2) is 0 Å². The molecule has 0 amide bonds. The molecule has 0 aromatic heterocycles. The molecule has 0 fully saturated rings. The van der Waals surface area contributed by atoms with E-state index in [-0.39, 0.29) is 0 Å². The molecule has 2 nitrogen and oxygen atoms in total. The number of nitrogens with zero attached hydrogens (tertiary/aromatic N) is 1. The standard InChI is InChI=1S/C9H20NO.2C3H7.Al/c1-6-9(11)10(7(2)3)8(4)5;2*1-3-2;/h7-9H,6H2,1-5H3;2*1,3H2,2H3;/q-1;;;+1. The first-order valence-corrected chi connectivity index (χ1v) is 10.0. The summed E-state index contributed by atoms with van der Waals surface area (Å²) in [5.74, 6) is 0. The van der Waals surface area contributed by atoms with Crippen LogP contribution in [0, 0.1) is 0 Å². The molecule has 0 aliphatic carbocycles. The molecule has 0 aliphatic heterocycles. The molecular formula is C15H34AlNO. The summed E-state index contributed by atoms with van der Waals surface area (Å²) < 4.78 is 6.53. The van der Waals surface area contributed by atoms with Gasteiger partial charge in [-0.05, 0) is 34.1 Å². The summed E-state index contributed by atoms with van der Waals surface area (Å²) in [5, 5.41) is 2.66. The Morgan fingerprint density at radius 3 is 1.61 bits per heavy atom. The third-order valence-electron chi connectivity index (χ3n) is 3.45. The van der Waals surface area contributed by atoms with Crippen molar-refractivity contribution in [3.05, 3.63) is 0 Å². The average molecular weight is 271 g/mol. The van der Waals surface area contributed by atoms with Crippen molar-refractivity contribution in [3.8, 4) is 0 Å². The zero-order chi connectivity index (χ0) is 14.1. The summed E-state index contributed by atoms with van der Waals surface area (Å²) in [6, 6.07) is 1.13. The lowest BCUT2D eigenvalue weighted by atomic mass is 10.2. The van der Waals surface area contributed by atoms with Gasteiger partial charge in [-0.2, -0.15) is 0 Å². The predicted molar refractivity (Wildman–Crippen MR) is 83.2 cm³/mol. The largest absolute Gasteiger partial charge is 0.487 e. The van der Waals surface area contributed by atoms with Crippen molar-refractivity contribution in [2.45, 2.75) is 96.6 Å². The highest BCUT2D eigenvalue weighted by Crippen LogP contribution is 2.19. The van der Waals surface area contributed by atoms with Crippen molar-refractivity contribution in [2.75, 3.05) is 0 Å². The Kier molecular flexibility index (Phi) is 10.5. The van der Waals surface area contributed by atoms with Gasteiger partial charge < -0.3 is 3.79 Å². The molecule has 0 spiro atoms. The molecule has 0 saturated carbocycles. The maximum atomic E-state index is 6.53. The maximum absolute atomic E-state index is 6.53. The van der Waals surface area contributed by atoms with Gasteiger partial charge in [0.05, 0.1) is 6.23 Å². The lowest BCUT2D eigenvalue weighted by Crippen LogP contribution is -2.48. The van der Waals surface area contributed by atoms with Gasteiger partial charge >= 0.3 is 14.5 Å². The molecule has 0 aliphatic rings. The van der Waals surface area contributed by atoms with E-state index in [0.717, 1.165) is 6.42 Å². The fraction of sp³-hybridized carbons (Fsp3) is 1.00. The second-order valence-corrected chi connectivity index (χ2v) is 8.50. The Bertz CT molecular complexity index is 183. The van der Waals surface area contributed by atoms with E-state index in [4.69, 9.17) is 3.79 Å². The third-order valence-corrected chi connectivity index (χ3v) is 6.59. The molecule has 0 N–H and O–H groups in total. The van der Waals surface area contributed by atoms with Crippen molar-refractivity contribution in [1.82, 2.24) is 4.90 Å². The van der Waals surface area contributed by atoms with E-state index < -0.39 is 14.5 Å². The minimum Gasteiger partial charge on any atom is -0.487 e. The van der Waals surface area contributed by atoms with Crippen LogP contribution in [-0.4, -0.2) is 37.7 Å². The van der Waals surface area contributed by atoms with Crippen LogP contribution < -0.4 is 0 Å². The van der Waals surface area contributed by atoms with Crippen LogP contribution in [0.5, 0.6) is 0 Å². The Balaban J connectivity index is 4.61. The molecule has 0 aromatic carbocycles. The van der Waals surface area contributed by atoms with Crippen LogP contribution in [0.25, 0.3) is 0 Å². The zero-order valence-electron chi connectivity index (χ0n) is 13.7. The van der Waals surface area contributed by atoms with Gasteiger partial charge in [0.2, 0.25) is 0 Å². The summed E-state index contributed by atoms with van der Waals surface area (Å²) >= 11 is -0.990. The summed E-state index contributed by atoms with van der Waals surface area (Å²) in [6.07, 6.45) is 3.99. The van der Waals surface area contributed by atoms with Gasteiger partial charge in [-0.3, -0.25) is 4.90 Å². The monoisotopic (exact) mass is 271 g/mol. The Morgan fingerprint density at radius 1 is 0.889 bits per heavy atom. The van der Waals surface area contributed by atoms with Gasteiger partial charge in [0.1, 0.15) is 0 Å². The van der Waals surface area contributed by atoms with Crippen molar-refractivity contribution in [3.63, 3.8) is 0 Å². The molecule has 0 radical (unpaired) electrons. The fourth-order valence-corrected chi connectivity index (χ4v) is 5.41. The first kappa shape index (κ1) is 18.5. The highest BCUT2D eigenvalue weighted by atomic mass is 27.2. The van der Waals surface area contributed by atoms with Crippen molar-refractivity contribution in [2.24, 2.45) is 0 Å². The average Bonchev–Trinajstić information content (AvgIpc) is 2.27. The Hall–Kier alpha value is 0.452. The topological polar surface area (TPSA) is 12.5 Å². The second kappa shape index (κ2) is 10.3. The van der Waals surface area contributed by atoms with Crippen LogP contribution in [0.1, 0.15) is 67.7 Å². The van der Waals surface area contributed by atoms with E-state index >= 15 is 0 Å². The molecular weight excluding hydrogens is 237 g/mol. The lowest BCUT2D eigenvalue weighted by Gasteiger charge is -2.39. The fourth-order valence-electron chi connectivity index (χ4n) is 2.79. The van der Waals surface area contributed by atoms with Crippen LogP contribution >= 0.6 is 0 Å². The van der Waals surface area contributed by atoms with Crippen molar-refractivity contribution >= 4 is 14.5 Å². The molecule has 1 atom stereocenters. The molecule has 0 bridgehead atoms. The Labute approximate surface area is 120 Å². The van der Waals surface area contributed by atoms with E-state index in [2.05, 4.69) is 53.4 Å². The summed E-state index contributed by atoms with van der Waals surface area (Å²) in [6.45, 7) is 15.9. The third kappa shape index (κ3) is 6.57. The summed E-state index contributed by atoms with van der Waals surface area (Å²) in [4.78, 5) is 2.53. The summed E-state index contributed by atoms with van der Waals surface area (Å²) in [7, 11) is 0. The lowest BCUT2D eigenvalue weighted by molar-refractivity contribution is -0.0234. The van der Waals surface area contributed by atoms with Crippen molar-refractivity contribution in [1.29, 1.82) is 0 Å². The summed E-state index contributed by atoms with van der Waals surface area (Å²) in [5.41, 5.74) is 0. The molecule has 108 valence electrons. The zero-order valence-corrected chi connectivity index (χ0v) is 14.9. The molecule has 0 saturated heterocycles. The molecule has 0 rings (SSSR count). The van der Waals surface area contributed by atoms with Gasteiger partial charge in [-0.1, -0.05) is 44.2 Å². The van der Waals surface area contributed by atoms with E-state index in [0.29, 0.717) is 18.3 Å². The van der Waals surface area contributed by atoms with Crippen LogP contribution in [0.15, 0.2) is 0 Å². The van der Waals surface area contributed by atoms with Gasteiger partial charge in [-0.15, -0.1) is 0 Å². The first-order valence-electron chi connectivity index (χ1n) is 7.90. The van der Waals surface area contributed by atoms with Gasteiger partial charge in [0, 0.05) is 12.1 Å². The van der Waals surface area contributed by atoms with Crippen LogP contribution in [0.3, 0.4) is 0 Å². The molecule has 18 heavy (non-hydrogen) atoms. The van der Waals surface area contributed by atoms with Crippen LogP contribution in [0.4, 0.5) is 0 Å². The van der Waals surface area contributed by atoms with E-state index in [1.165, 1.54) is 23.4 Å². The first-order chi connectivity index (χ1) is 8.47. The van der Waals surface area contributed by atoms with E-state index in [9.17, 15) is 0 Å². The normalized spacial score (nSPS) is 13.7. The van der Waals surface area contributed by atoms with Crippen LogP contribution in [0.2, 0.25) is 10.6 Å². The molecule has 1 unspecified atom stereocenters.